The van der Waals surface area contributed by atoms with Gasteiger partial charge in [-0.1, -0.05) is 6.92 Å². The molecule has 0 spiro atoms. The molecule has 2 heterocycles. The predicted octanol–water partition coefficient (Wildman–Crippen LogP) is 2.55. The normalized spacial score (nSPS) is 22.9. The lowest BCUT2D eigenvalue weighted by Gasteiger charge is -2.24. The van der Waals surface area contributed by atoms with Crippen molar-refractivity contribution < 1.29 is 0 Å². The summed E-state index contributed by atoms with van der Waals surface area (Å²) >= 11 is 0. The zero-order valence-corrected chi connectivity index (χ0v) is 9.03. The summed E-state index contributed by atoms with van der Waals surface area (Å²) in [4.78, 5) is 6.71. The largest absolute Gasteiger partial charge is 0.297 e. The molecule has 1 fully saturated rings. The summed E-state index contributed by atoms with van der Waals surface area (Å²) in [6.45, 7) is 6.82. The quantitative estimate of drug-likeness (QED) is 0.712. The molecule has 0 amide bonds. The van der Waals surface area contributed by atoms with Crippen LogP contribution in [0.3, 0.4) is 0 Å². The number of rotatable bonds is 2. The third-order valence-electron chi connectivity index (χ3n) is 3.19. The van der Waals surface area contributed by atoms with Crippen molar-refractivity contribution in [3.63, 3.8) is 0 Å². The highest BCUT2D eigenvalue weighted by atomic mass is 15.2. The summed E-state index contributed by atoms with van der Waals surface area (Å²) in [5.41, 5.74) is 2.80. The highest BCUT2D eigenvalue weighted by Crippen LogP contribution is 2.32. The van der Waals surface area contributed by atoms with Crippen LogP contribution in [0.4, 0.5) is 0 Å². The first-order chi connectivity index (χ1) is 6.83. The van der Waals surface area contributed by atoms with E-state index in [0.29, 0.717) is 6.04 Å². The molecule has 2 rings (SSSR count). The minimum atomic E-state index is 0.642. The lowest BCUT2D eigenvalue weighted by atomic mass is 10.0. The Hall–Kier alpha value is -0.890. The van der Waals surface area contributed by atoms with E-state index in [9.17, 15) is 0 Å². The maximum Gasteiger partial charge on any atom is 0.0352 e. The molecule has 0 N–H and O–H groups in total. The Balaban J connectivity index is 2.26. The molecule has 1 aliphatic rings. The van der Waals surface area contributed by atoms with E-state index >= 15 is 0 Å². The van der Waals surface area contributed by atoms with Gasteiger partial charge in [0, 0.05) is 18.4 Å². The van der Waals surface area contributed by atoms with Crippen LogP contribution in [0.15, 0.2) is 18.5 Å². The zero-order chi connectivity index (χ0) is 9.97. The van der Waals surface area contributed by atoms with Gasteiger partial charge in [-0.3, -0.25) is 9.88 Å². The Kier molecular flexibility index (Phi) is 2.82. The van der Waals surface area contributed by atoms with Crippen LogP contribution >= 0.6 is 0 Å². The Morgan fingerprint density at radius 3 is 3.14 bits per heavy atom. The van der Waals surface area contributed by atoms with Crippen LogP contribution in [0.2, 0.25) is 0 Å². The monoisotopic (exact) mass is 190 g/mol. The highest BCUT2D eigenvalue weighted by Gasteiger charge is 2.25. The van der Waals surface area contributed by atoms with Crippen LogP contribution in [-0.4, -0.2) is 23.0 Å². The molecule has 0 aromatic carbocycles. The molecule has 1 atom stereocenters. The lowest BCUT2D eigenvalue weighted by molar-refractivity contribution is 0.270. The second-order valence-electron chi connectivity index (χ2n) is 4.02. The average molecular weight is 190 g/mol. The van der Waals surface area contributed by atoms with Crippen LogP contribution in [0.1, 0.15) is 36.9 Å². The van der Waals surface area contributed by atoms with E-state index in [1.54, 1.807) is 0 Å². The molecule has 1 aromatic heterocycles. The number of hydrogen-bond donors (Lipinski definition) is 0. The van der Waals surface area contributed by atoms with Gasteiger partial charge in [-0.2, -0.15) is 0 Å². The lowest BCUT2D eigenvalue weighted by Crippen LogP contribution is -2.23. The van der Waals surface area contributed by atoms with Crippen molar-refractivity contribution in [3.8, 4) is 0 Å². The van der Waals surface area contributed by atoms with Gasteiger partial charge >= 0.3 is 0 Å². The standard InChI is InChI=1S/C12H18N2/c1-3-14-8-4-5-12(14)11-6-7-13-9-10(11)2/h6-7,9,12H,3-5,8H2,1-2H3. The maximum atomic E-state index is 4.15. The van der Waals surface area contributed by atoms with Gasteiger partial charge in [0.05, 0.1) is 0 Å². The van der Waals surface area contributed by atoms with E-state index in [2.05, 4.69) is 29.8 Å². The van der Waals surface area contributed by atoms with Crippen molar-refractivity contribution in [1.82, 2.24) is 9.88 Å². The first kappa shape index (κ1) is 9.66. The van der Waals surface area contributed by atoms with Crippen LogP contribution in [0.25, 0.3) is 0 Å². The molecule has 76 valence electrons. The fourth-order valence-electron chi connectivity index (χ4n) is 2.41. The molecule has 1 saturated heterocycles. The topological polar surface area (TPSA) is 16.1 Å². The third kappa shape index (κ3) is 1.67. The fourth-order valence-corrected chi connectivity index (χ4v) is 2.41. The summed E-state index contributed by atoms with van der Waals surface area (Å²) in [5, 5.41) is 0. The Morgan fingerprint density at radius 1 is 1.57 bits per heavy atom. The third-order valence-corrected chi connectivity index (χ3v) is 3.19. The Morgan fingerprint density at radius 2 is 2.43 bits per heavy atom. The molecule has 14 heavy (non-hydrogen) atoms. The number of aromatic nitrogens is 1. The van der Waals surface area contributed by atoms with Crippen molar-refractivity contribution in [3.05, 3.63) is 29.6 Å². The molecular formula is C12H18N2. The molecule has 0 aliphatic carbocycles. The van der Waals surface area contributed by atoms with Crippen LogP contribution in [-0.2, 0) is 0 Å². The molecule has 2 heteroatoms. The molecule has 1 aliphatic heterocycles. The maximum absolute atomic E-state index is 4.15. The van der Waals surface area contributed by atoms with Crippen molar-refractivity contribution in [1.29, 1.82) is 0 Å². The Bertz CT molecular complexity index is 309. The smallest absolute Gasteiger partial charge is 0.0352 e. The second kappa shape index (κ2) is 4.09. The van der Waals surface area contributed by atoms with Crippen molar-refractivity contribution in [2.45, 2.75) is 32.7 Å². The van der Waals surface area contributed by atoms with Crippen LogP contribution < -0.4 is 0 Å². The van der Waals surface area contributed by atoms with Gasteiger partial charge < -0.3 is 0 Å². The number of nitrogens with zero attached hydrogens (tertiary/aromatic N) is 2. The molecular weight excluding hydrogens is 172 g/mol. The molecule has 1 aromatic rings. The summed E-state index contributed by atoms with van der Waals surface area (Å²) in [7, 11) is 0. The number of pyridine rings is 1. The van der Waals surface area contributed by atoms with Gasteiger partial charge in [-0.05, 0) is 50.0 Å². The van der Waals surface area contributed by atoms with Crippen molar-refractivity contribution in [2.75, 3.05) is 13.1 Å². The second-order valence-corrected chi connectivity index (χ2v) is 4.02. The van der Waals surface area contributed by atoms with E-state index in [0.717, 1.165) is 6.54 Å². The minimum absolute atomic E-state index is 0.642. The van der Waals surface area contributed by atoms with Gasteiger partial charge in [-0.15, -0.1) is 0 Å². The van der Waals surface area contributed by atoms with E-state index in [4.69, 9.17) is 0 Å². The average Bonchev–Trinajstić information content (AvgIpc) is 2.66. The van der Waals surface area contributed by atoms with Gasteiger partial charge in [0.15, 0.2) is 0 Å². The molecule has 0 saturated carbocycles. The molecule has 1 unspecified atom stereocenters. The molecule has 0 bridgehead atoms. The minimum Gasteiger partial charge on any atom is -0.297 e. The Labute approximate surface area is 86.0 Å². The van der Waals surface area contributed by atoms with E-state index in [-0.39, 0.29) is 0 Å². The number of hydrogen-bond acceptors (Lipinski definition) is 2. The van der Waals surface area contributed by atoms with Crippen molar-refractivity contribution >= 4 is 0 Å². The van der Waals surface area contributed by atoms with Gasteiger partial charge in [0.1, 0.15) is 0 Å². The van der Waals surface area contributed by atoms with Gasteiger partial charge in [-0.25, -0.2) is 0 Å². The van der Waals surface area contributed by atoms with Gasteiger partial charge in [0.2, 0.25) is 0 Å². The van der Waals surface area contributed by atoms with Crippen LogP contribution in [0, 0.1) is 6.92 Å². The first-order valence-electron chi connectivity index (χ1n) is 5.47. The summed E-state index contributed by atoms with van der Waals surface area (Å²) in [6, 6.07) is 2.82. The summed E-state index contributed by atoms with van der Waals surface area (Å²) in [5.74, 6) is 0. The van der Waals surface area contributed by atoms with Crippen molar-refractivity contribution in [2.24, 2.45) is 0 Å². The predicted molar refractivity (Wildman–Crippen MR) is 58.2 cm³/mol. The SMILES string of the molecule is CCN1CCCC1c1ccncc1C. The first-order valence-corrected chi connectivity index (χ1v) is 5.47. The number of likely N-dealkylation sites (tertiary alicyclic amines) is 1. The van der Waals surface area contributed by atoms with Gasteiger partial charge in [0.25, 0.3) is 0 Å². The summed E-state index contributed by atoms with van der Waals surface area (Å²) < 4.78 is 0. The van der Waals surface area contributed by atoms with Crippen LogP contribution in [0.5, 0.6) is 0 Å². The van der Waals surface area contributed by atoms with E-state index in [1.165, 1.54) is 30.5 Å². The fraction of sp³-hybridized carbons (Fsp3) is 0.583. The molecule has 0 radical (unpaired) electrons. The van der Waals surface area contributed by atoms with E-state index in [1.807, 2.05) is 12.4 Å². The highest BCUT2D eigenvalue weighted by molar-refractivity contribution is 5.26. The zero-order valence-electron chi connectivity index (χ0n) is 9.03. The summed E-state index contributed by atoms with van der Waals surface area (Å²) in [6.07, 6.45) is 6.52. The molecule has 2 nitrogen and oxygen atoms in total. The number of aryl methyl sites for hydroxylation is 1. The van der Waals surface area contributed by atoms with E-state index < -0.39 is 0 Å².